The SMILES string of the molecule is CC(NC(=O)c1n[nH]c(NC(=O)c2ccccc2Cl)c1Br)c1ccc(S(C)(=O)=O)cc1. The van der Waals surface area contributed by atoms with E-state index in [1.807, 2.05) is 0 Å². The average Bonchev–Trinajstić information content (AvgIpc) is 3.08. The number of rotatable bonds is 6. The summed E-state index contributed by atoms with van der Waals surface area (Å²) in [6.07, 6.45) is 1.13. The molecular weight excluding hydrogens is 508 g/mol. The molecule has 162 valence electrons. The average molecular weight is 526 g/mol. The van der Waals surface area contributed by atoms with Gasteiger partial charge in [-0.15, -0.1) is 0 Å². The Morgan fingerprint density at radius 1 is 1.10 bits per heavy atom. The van der Waals surface area contributed by atoms with Gasteiger partial charge < -0.3 is 10.6 Å². The Bertz CT molecular complexity index is 1240. The van der Waals surface area contributed by atoms with E-state index < -0.39 is 27.7 Å². The van der Waals surface area contributed by atoms with Gasteiger partial charge in [-0.25, -0.2) is 8.42 Å². The molecule has 0 fully saturated rings. The molecule has 0 aliphatic carbocycles. The molecular formula is C20H18BrClN4O4S. The fourth-order valence-corrected chi connectivity index (χ4v) is 4.05. The number of carbonyl (C=O) groups is 2. The minimum Gasteiger partial charge on any atom is -0.344 e. The van der Waals surface area contributed by atoms with Crippen molar-refractivity contribution in [1.29, 1.82) is 0 Å². The number of hydrogen-bond donors (Lipinski definition) is 3. The molecule has 1 aromatic heterocycles. The van der Waals surface area contributed by atoms with E-state index in [-0.39, 0.29) is 26.4 Å². The molecule has 1 unspecified atom stereocenters. The normalized spacial score (nSPS) is 12.3. The van der Waals surface area contributed by atoms with E-state index in [0.29, 0.717) is 5.02 Å². The molecule has 0 aliphatic heterocycles. The third-order valence-electron chi connectivity index (χ3n) is 4.43. The van der Waals surface area contributed by atoms with E-state index in [2.05, 4.69) is 36.8 Å². The highest BCUT2D eigenvalue weighted by molar-refractivity contribution is 9.10. The minimum absolute atomic E-state index is 0.0501. The molecule has 0 radical (unpaired) electrons. The molecule has 11 heteroatoms. The van der Waals surface area contributed by atoms with Crippen LogP contribution in [0.3, 0.4) is 0 Å². The molecule has 2 amide bonds. The van der Waals surface area contributed by atoms with Crippen molar-refractivity contribution in [3.8, 4) is 0 Å². The van der Waals surface area contributed by atoms with E-state index in [1.54, 1.807) is 43.3 Å². The predicted octanol–water partition coefficient (Wildman–Crippen LogP) is 3.97. The van der Waals surface area contributed by atoms with E-state index in [1.165, 1.54) is 12.1 Å². The number of nitrogens with one attached hydrogen (secondary N) is 3. The summed E-state index contributed by atoms with van der Waals surface area (Å²) in [7, 11) is -3.30. The molecule has 31 heavy (non-hydrogen) atoms. The number of carbonyl (C=O) groups excluding carboxylic acids is 2. The van der Waals surface area contributed by atoms with Crippen LogP contribution in [-0.2, 0) is 9.84 Å². The maximum absolute atomic E-state index is 12.6. The lowest BCUT2D eigenvalue weighted by Gasteiger charge is -2.14. The number of halogens is 2. The molecule has 0 spiro atoms. The standard InChI is InChI=1S/C20H18BrClN4O4S/c1-11(12-7-9-13(10-8-12)31(2,29)30)23-20(28)17-16(21)18(26-25-17)24-19(27)14-5-3-4-6-15(14)22/h3-11H,1-2H3,(H,23,28)(H2,24,25,26,27). The van der Waals surface area contributed by atoms with Gasteiger partial charge in [0, 0.05) is 6.26 Å². The molecule has 8 nitrogen and oxygen atoms in total. The number of H-pyrrole nitrogens is 1. The second-order valence-electron chi connectivity index (χ2n) is 6.73. The first-order chi connectivity index (χ1) is 14.6. The number of hydrogen-bond acceptors (Lipinski definition) is 5. The number of sulfone groups is 1. The summed E-state index contributed by atoms with van der Waals surface area (Å²) in [5.74, 6) is -0.734. The van der Waals surface area contributed by atoms with Crippen LogP contribution in [-0.4, -0.2) is 36.7 Å². The number of nitrogens with zero attached hydrogens (tertiary/aromatic N) is 1. The van der Waals surface area contributed by atoms with Gasteiger partial charge in [-0.2, -0.15) is 5.10 Å². The molecule has 1 heterocycles. The molecule has 0 saturated carbocycles. The van der Waals surface area contributed by atoms with E-state index >= 15 is 0 Å². The molecule has 3 N–H and O–H groups in total. The van der Waals surface area contributed by atoms with Crippen molar-refractivity contribution < 1.29 is 18.0 Å². The summed E-state index contributed by atoms with van der Waals surface area (Å²) in [6.45, 7) is 1.76. The van der Waals surface area contributed by atoms with Crippen LogP contribution in [0.1, 0.15) is 39.4 Å². The molecule has 2 aromatic carbocycles. The van der Waals surface area contributed by atoms with Crippen molar-refractivity contribution in [2.24, 2.45) is 0 Å². The lowest BCUT2D eigenvalue weighted by atomic mass is 10.1. The zero-order chi connectivity index (χ0) is 22.8. The van der Waals surface area contributed by atoms with Gasteiger partial charge in [-0.3, -0.25) is 14.7 Å². The molecule has 3 rings (SSSR count). The van der Waals surface area contributed by atoms with Crippen LogP contribution in [0.4, 0.5) is 5.82 Å². The van der Waals surface area contributed by atoms with Gasteiger partial charge in [0.1, 0.15) is 5.82 Å². The Hall–Kier alpha value is -2.69. The third kappa shape index (κ3) is 5.33. The molecule has 0 saturated heterocycles. The summed E-state index contributed by atoms with van der Waals surface area (Å²) in [6, 6.07) is 12.4. The highest BCUT2D eigenvalue weighted by Gasteiger charge is 2.22. The Balaban J connectivity index is 1.71. The van der Waals surface area contributed by atoms with Crippen molar-refractivity contribution in [2.45, 2.75) is 17.9 Å². The van der Waals surface area contributed by atoms with E-state index in [9.17, 15) is 18.0 Å². The quantitative estimate of drug-likeness (QED) is 0.450. The number of benzene rings is 2. The van der Waals surface area contributed by atoms with Crippen molar-refractivity contribution in [3.05, 3.63) is 74.8 Å². The summed E-state index contributed by atoms with van der Waals surface area (Å²) >= 11 is 9.32. The first-order valence-corrected chi connectivity index (χ1v) is 12.0. The van der Waals surface area contributed by atoms with Crippen LogP contribution in [0.2, 0.25) is 5.02 Å². The van der Waals surface area contributed by atoms with Crippen LogP contribution >= 0.6 is 27.5 Å². The van der Waals surface area contributed by atoms with E-state index in [4.69, 9.17) is 11.6 Å². The molecule has 3 aromatic rings. The van der Waals surface area contributed by atoms with Gasteiger partial charge in [0.25, 0.3) is 11.8 Å². The van der Waals surface area contributed by atoms with Crippen LogP contribution in [0.15, 0.2) is 57.9 Å². The lowest BCUT2D eigenvalue weighted by Crippen LogP contribution is -2.27. The van der Waals surface area contributed by atoms with Crippen molar-refractivity contribution in [2.75, 3.05) is 11.6 Å². The third-order valence-corrected chi connectivity index (χ3v) is 6.66. The van der Waals surface area contributed by atoms with Gasteiger partial charge in [0.2, 0.25) is 0 Å². The fourth-order valence-electron chi connectivity index (χ4n) is 2.74. The van der Waals surface area contributed by atoms with Crippen LogP contribution in [0, 0.1) is 0 Å². The summed E-state index contributed by atoms with van der Waals surface area (Å²) in [5.41, 5.74) is 1.05. The number of amides is 2. The largest absolute Gasteiger partial charge is 0.344 e. The van der Waals surface area contributed by atoms with Gasteiger partial charge in [-0.1, -0.05) is 35.9 Å². The molecule has 0 aliphatic rings. The lowest BCUT2D eigenvalue weighted by molar-refractivity contribution is 0.0933. The number of aromatic amines is 1. The second-order valence-corrected chi connectivity index (χ2v) is 9.95. The molecule has 1 atom stereocenters. The van der Waals surface area contributed by atoms with E-state index in [0.717, 1.165) is 11.8 Å². The maximum Gasteiger partial charge on any atom is 0.273 e. The van der Waals surface area contributed by atoms with Gasteiger partial charge in [0.05, 0.1) is 26.0 Å². The number of aromatic nitrogens is 2. The first-order valence-electron chi connectivity index (χ1n) is 8.98. The summed E-state index contributed by atoms with van der Waals surface area (Å²) in [4.78, 5) is 25.3. The monoisotopic (exact) mass is 524 g/mol. The summed E-state index contributed by atoms with van der Waals surface area (Å²) < 4.78 is 23.4. The van der Waals surface area contributed by atoms with Crippen LogP contribution in [0.25, 0.3) is 0 Å². The predicted molar refractivity (Wildman–Crippen MR) is 121 cm³/mol. The number of anilines is 1. The Morgan fingerprint density at radius 3 is 2.35 bits per heavy atom. The summed E-state index contributed by atoms with van der Waals surface area (Å²) in [5, 5.41) is 12.3. The Labute approximate surface area is 192 Å². The Kier molecular flexibility index (Phi) is 6.83. The van der Waals surface area contributed by atoms with Crippen molar-refractivity contribution in [1.82, 2.24) is 15.5 Å². The smallest absolute Gasteiger partial charge is 0.273 e. The fraction of sp³-hybridized carbons (Fsp3) is 0.150. The maximum atomic E-state index is 12.6. The van der Waals surface area contributed by atoms with Gasteiger partial charge in [-0.05, 0) is 52.7 Å². The van der Waals surface area contributed by atoms with Crippen molar-refractivity contribution in [3.63, 3.8) is 0 Å². The van der Waals surface area contributed by atoms with Gasteiger partial charge >= 0.3 is 0 Å². The van der Waals surface area contributed by atoms with Crippen LogP contribution in [0.5, 0.6) is 0 Å². The zero-order valence-electron chi connectivity index (χ0n) is 16.4. The topological polar surface area (TPSA) is 121 Å². The van der Waals surface area contributed by atoms with Crippen LogP contribution < -0.4 is 10.6 Å². The highest BCUT2D eigenvalue weighted by atomic mass is 79.9. The Morgan fingerprint density at radius 2 is 1.74 bits per heavy atom. The zero-order valence-corrected chi connectivity index (χ0v) is 19.6. The second kappa shape index (κ2) is 9.21. The molecule has 0 bridgehead atoms. The van der Waals surface area contributed by atoms with Crippen molar-refractivity contribution >= 4 is 55.0 Å². The van der Waals surface area contributed by atoms with Gasteiger partial charge in [0.15, 0.2) is 15.5 Å². The minimum atomic E-state index is -3.30. The highest BCUT2D eigenvalue weighted by Crippen LogP contribution is 2.26. The first kappa shape index (κ1) is 23.0.